The quantitative estimate of drug-likeness (QED) is 0.711. The molecule has 1 aliphatic rings. The summed E-state index contributed by atoms with van der Waals surface area (Å²) in [4.78, 5) is 13.1. The Kier molecular flexibility index (Phi) is 7.06. The minimum atomic E-state index is -3.47. The highest BCUT2D eigenvalue weighted by molar-refractivity contribution is 7.91. The fourth-order valence-electron chi connectivity index (χ4n) is 2.84. The number of sulfonamides is 1. The van der Waals surface area contributed by atoms with Crippen LogP contribution in [-0.4, -0.2) is 57.4 Å². The van der Waals surface area contributed by atoms with Crippen molar-refractivity contribution in [2.75, 3.05) is 32.7 Å². The van der Waals surface area contributed by atoms with Gasteiger partial charge in [-0.2, -0.15) is 4.31 Å². The predicted octanol–water partition coefficient (Wildman–Crippen LogP) is 0.596. The number of thiophene rings is 1. The Bertz CT molecular complexity index is 655. The van der Waals surface area contributed by atoms with Gasteiger partial charge in [-0.1, -0.05) is 24.9 Å². The van der Waals surface area contributed by atoms with E-state index >= 15 is 0 Å². The highest BCUT2D eigenvalue weighted by Gasteiger charge is 2.32. The van der Waals surface area contributed by atoms with E-state index in [1.165, 1.54) is 4.31 Å². The Labute approximate surface area is 152 Å². The van der Waals surface area contributed by atoms with Gasteiger partial charge >= 0.3 is 0 Å². The molecule has 6 nitrogen and oxygen atoms in total. The Balaban J connectivity index is 1.84. The van der Waals surface area contributed by atoms with E-state index in [0.29, 0.717) is 37.1 Å². The zero-order valence-electron chi connectivity index (χ0n) is 14.0. The molecule has 1 amide bonds. The van der Waals surface area contributed by atoms with Crippen LogP contribution in [0.2, 0.25) is 4.34 Å². The summed E-state index contributed by atoms with van der Waals surface area (Å²) in [6.45, 7) is 6.60. The normalized spacial score (nSPS) is 18.5. The molecule has 0 aromatic carbocycles. The second-order valence-corrected chi connectivity index (χ2v) is 10.0. The first-order chi connectivity index (χ1) is 11.3. The molecule has 2 N–H and O–H groups in total. The summed E-state index contributed by atoms with van der Waals surface area (Å²) in [5.74, 6) is 0.0345. The highest BCUT2D eigenvalue weighted by Crippen LogP contribution is 2.27. The Morgan fingerprint density at radius 1 is 1.42 bits per heavy atom. The first kappa shape index (κ1) is 19.7. The molecule has 1 saturated heterocycles. The molecule has 0 unspecified atom stereocenters. The van der Waals surface area contributed by atoms with Gasteiger partial charge in [-0.15, -0.1) is 11.3 Å². The molecule has 1 atom stereocenters. The van der Waals surface area contributed by atoms with Gasteiger partial charge in [-0.25, -0.2) is 8.42 Å². The maximum Gasteiger partial charge on any atom is 0.275 e. The van der Waals surface area contributed by atoms with Crippen molar-refractivity contribution in [3.05, 3.63) is 16.5 Å². The summed E-state index contributed by atoms with van der Waals surface area (Å²) in [6.07, 6.45) is 2.01. The van der Waals surface area contributed by atoms with Gasteiger partial charge < -0.3 is 10.2 Å². The van der Waals surface area contributed by atoms with Gasteiger partial charge in [-0.3, -0.25) is 4.79 Å². The molecule has 2 rings (SSSR count). The molecular formula is C15H25ClN3O3S2+. The van der Waals surface area contributed by atoms with Crippen LogP contribution in [0.1, 0.15) is 26.7 Å². The first-order valence-electron chi connectivity index (χ1n) is 8.21. The Morgan fingerprint density at radius 2 is 2.08 bits per heavy atom. The van der Waals surface area contributed by atoms with Crippen LogP contribution in [-0.2, 0) is 14.8 Å². The van der Waals surface area contributed by atoms with Crippen LogP contribution in [0.15, 0.2) is 16.3 Å². The summed E-state index contributed by atoms with van der Waals surface area (Å²) >= 11 is 6.91. The Morgan fingerprint density at radius 3 is 2.62 bits per heavy atom. The fourth-order valence-corrected chi connectivity index (χ4v) is 5.92. The Hall–Kier alpha value is -0.670. The van der Waals surface area contributed by atoms with Crippen molar-refractivity contribution < 1.29 is 18.1 Å². The molecule has 9 heteroatoms. The number of amides is 1. The molecule has 0 aliphatic carbocycles. The van der Waals surface area contributed by atoms with E-state index in [1.807, 2.05) is 6.92 Å². The van der Waals surface area contributed by atoms with Gasteiger partial charge in [0.15, 0.2) is 6.54 Å². The number of nitrogens with one attached hydrogen (secondary N) is 2. The summed E-state index contributed by atoms with van der Waals surface area (Å²) in [7, 11) is -3.47. The van der Waals surface area contributed by atoms with Crippen molar-refractivity contribution >= 4 is 38.9 Å². The van der Waals surface area contributed by atoms with Crippen molar-refractivity contribution in [1.82, 2.24) is 9.62 Å². The van der Waals surface area contributed by atoms with Crippen molar-refractivity contribution in [1.29, 1.82) is 0 Å². The lowest BCUT2D eigenvalue weighted by molar-refractivity contribution is -0.895. The number of hydrogen-bond donors (Lipinski definition) is 2. The SMILES string of the molecule is CCC[C@@H](C)NC(=O)C[NH+]1CCN(S(=O)(=O)c2ccc(Cl)s2)CC1. The van der Waals surface area contributed by atoms with E-state index in [4.69, 9.17) is 11.6 Å². The minimum absolute atomic E-state index is 0.0345. The smallest absolute Gasteiger partial charge is 0.275 e. The summed E-state index contributed by atoms with van der Waals surface area (Å²) in [5, 5.41) is 2.99. The molecule has 1 aromatic heterocycles. The van der Waals surface area contributed by atoms with Gasteiger partial charge in [0.05, 0.1) is 30.5 Å². The molecule has 24 heavy (non-hydrogen) atoms. The zero-order valence-corrected chi connectivity index (χ0v) is 16.4. The third kappa shape index (κ3) is 5.16. The first-order valence-corrected chi connectivity index (χ1v) is 10.8. The number of quaternary nitrogens is 1. The predicted molar refractivity (Wildman–Crippen MR) is 96.2 cm³/mol. The second-order valence-electron chi connectivity index (χ2n) is 6.15. The molecule has 0 radical (unpaired) electrons. The molecule has 1 aliphatic heterocycles. The van der Waals surface area contributed by atoms with Gasteiger partial charge in [0.2, 0.25) is 0 Å². The van der Waals surface area contributed by atoms with Crippen molar-refractivity contribution in [2.45, 2.75) is 36.9 Å². The number of piperazine rings is 1. The topological polar surface area (TPSA) is 70.9 Å². The molecule has 0 spiro atoms. The number of carbonyl (C=O) groups excluding carboxylic acids is 1. The van der Waals surface area contributed by atoms with Gasteiger partial charge in [0.1, 0.15) is 4.21 Å². The van der Waals surface area contributed by atoms with Crippen LogP contribution in [0.4, 0.5) is 0 Å². The second kappa shape index (κ2) is 8.62. The van der Waals surface area contributed by atoms with E-state index in [1.54, 1.807) is 12.1 Å². The van der Waals surface area contributed by atoms with Crippen LogP contribution < -0.4 is 10.2 Å². The van der Waals surface area contributed by atoms with Crippen LogP contribution in [0.3, 0.4) is 0 Å². The molecule has 0 saturated carbocycles. The third-order valence-corrected chi connectivity index (χ3v) is 7.71. The van der Waals surface area contributed by atoms with E-state index < -0.39 is 10.0 Å². The number of nitrogens with zero attached hydrogens (tertiary/aromatic N) is 1. The van der Waals surface area contributed by atoms with Crippen LogP contribution in [0, 0.1) is 0 Å². The lowest BCUT2D eigenvalue weighted by Gasteiger charge is -2.31. The summed E-state index contributed by atoms with van der Waals surface area (Å²) in [6, 6.07) is 3.33. The van der Waals surface area contributed by atoms with Crippen LogP contribution in [0.25, 0.3) is 0 Å². The summed E-state index contributed by atoms with van der Waals surface area (Å²) in [5.41, 5.74) is 0. The van der Waals surface area contributed by atoms with E-state index in [9.17, 15) is 13.2 Å². The number of rotatable bonds is 7. The number of halogens is 1. The molecule has 0 bridgehead atoms. The van der Waals surface area contributed by atoms with E-state index in [2.05, 4.69) is 12.2 Å². The molecule has 2 heterocycles. The molecule has 136 valence electrons. The summed E-state index contributed by atoms with van der Waals surface area (Å²) < 4.78 is 27.3. The monoisotopic (exact) mass is 394 g/mol. The maximum absolute atomic E-state index is 12.5. The van der Waals surface area contributed by atoms with E-state index in [0.717, 1.165) is 29.1 Å². The lowest BCUT2D eigenvalue weighted by atomic mass is 10.2. The van der Waals surface area contributed by atoms with Gasteiger partial charge in [-0.05, 0) is 25.5 Å². The van der Waals surface area contributed by atoms with Crippen LogP contribution in [0.5, 0.6) is 0 Å². The molecule has 1 aromatic rings. The zero-order chi connectivity index (χ0) is 17.7. The molecule has 1 fully saturated rings. The van der Waals surface area contributed by atoms with Crippen LogP contribution >= 0.6 is 22.9 Å². The number of hydrogen-bond acceptors (Lipinski definition) is 4. The minimum Gasteiger partial charge on any atom is -0.349 e. The highest BCUT2D eigenvalue weighted by atomic mass is 35.5. The van der Waals surface area contributed by atoms with Crippen molar-refractivity contribution in [2.24, 2.45) is 0 Å². The fraction of sp³-hybridized carbons (Fsp3) is 0.667. The van der Waals surface area contributed by atoms with Crippen molar-refractivity contribution in [3.8, 4) is 0 Å². The maximum atomic E-state index is 12.5. The standard InChI is InChI=1S/C15H24ClN3O3S2/c1-3-4-12(2)17-14(20)11-18-7-9-19(10-8-18)24(21,22)15-6-5-13(16)23-15/h5-6,12H,3-4,7-11H2,1-2H3,(H,17,20)/p+1/t12-/m1/s1. The average molecular weight is 395 g/mol. The number of carbonyl (C=O) groups is 1. The third-order valence-electron chi connectivity index (χ3n) is 4.11. The average Bonchev–Trinajstić information content (AvgIpc) is 2.95. The largest absolute Gasteiger partial charge is 0.349 e. The van der Waals surface area contributed by atoms with Crippen molar-refractivity contribution in [3.63, 3.8) is 0 Å². The molecular weight excluding hydrogens is 370 g/mol. The van der Waals surface area contributed by atoms with E-state index in [-0.39, 0.29) is 16.2 Å². The van der Waals surface area contributed by atoms with Gasteiger partial charge in [0.25, 0.3) is 15.9 Å². The lowest BCUT2D eigenvalue weighted by Crippen LogP contribution is -3.15. The van der Waals surface area contributed by atoms with Gasteiger partial charge in [0, 0.05) is 6.04 Å².